The molecular formula is C18H27Br. The summed E-state index contributed by atoms with van der Waals surface area (Å²) in [5, 5.41) is 0. The summed E-state index contributed by atoms with van der Waals surface area (Å²) in [5.41, 5.74) is 2.01. The molecule has 0 radical (unpaired) electrons. The first-order valence-electron chi connectivity index (χ1n) is 7.65. The van der Waals surface area contributed by atoms with Crippen molar-refractivity contribution in [1.29, 1.82) is 0 Å². The molecule has 1 fully saturated rings. The second-order valence-electron chi connectivity index (χ2n) is 7.30. The maximum Gasteiger partial charge on any atom is 0.0174 e. The lowest BCUT2D eigenvalue weighted by molar-refractivity contribution is 0.266. The Morgan fingerprint density at radius 3 is 2.42 bits per heavy atom. The average Bonchev–Trinajstić information content (AvgIpc) is 2.38. The van der Waals surface area contributed by atoms with Crippen LogP contribution in [-0.4, -0.2) is 4.83 Å². The summed E-state index contributed by atoms with van der Waals surface area (Å²) in [5.74, 6) is 1.62. The van der Waals surface area contributed by atoms with Gasteiger partial charge in [0.2, 0.25) is 0 Å². The maximum atomic E-state index is 3.92. The molecule has 1 aliphatic carbocycles. The number of rotatable bonds is 3. The van der Waals surface area contributed by atoms with Crippen LogP contribution in [0.3, 0.4) is 0 Å². The molecule has 0 N–H and O–H groups in total. The lowest BCUT2D eigenvalue weighted by atomic mass is 9.74. The van der Waals surface area contributed by atoms with Gasteiger partial charge in [-0.25, -0.2) is 0 Å². The van der Waals surface area contributed by atoms with Crippen LogP contribution in [0.15, 0.2) is 30.3 Å². The predicted molar refractivity (Wildman–Crippen MR) is 87.9 cm³/mol. The molecule has 0 aliphatic heterocycles. The van der Waals surface area contributed by atoms with E-state index in [2.05, 4.69) is 67.0 Å². The fraction of sp³-hybridized carbons (Fsp3) is 0.667. The van der Waals surface area contributed by atoms with Gasteiger partial charge >= 0.3 is 0 Å². The van der Waals surface area contributed by atoms with Crippen molar-refractivity contribution in [1.82, 2.24) is 0 Å². The SMILES string of the molecule is CC(C)(C)CCC1CC(c2ccccc2)CCC1Br. The number of halogens is 1. The van der Waals surface area contributed by atoms with E-state index in [0.29, 0.717) is 5.41 Å². The molecule has 0 saturated heterocycles. The highest BCUT2D eigenvalue weighted by Gasteiger charge is 2.30. The van der Waals surface area contributed by atoms with Crippen molar-refractivity contribution in [2.24, 2.45) is 11.3 Å². The van der Waals surface area contributed by atoms with E-state index in [4.69, 9.17) is 0 Å². The highest BCUT2D eigenvalue weighted by molar-refractivity contribution is 9.09. The molecular weight excluding hydrogens is 296 g/mol. The van der Waals surface area contributed by atoms with E-state index in [9.17, 15) is 0 Å². The predicted octanol–water partition coefficient (Wildman–Crippen LogP) is 6.16. The summed E-state index contributed by atoms with van der Waals surface area (Å²) in [6, 6.07) is 11.1. The topological polar surface area (TPSA) is 0 Å². The molecule has 0 bridgehead atoms. The maximum absolute atomic E-state index is 3.92. The molecule has 3 atom stereocenters. The molecule has 1 aromatic carbocycles. The standard InChI is InChI=1S/C18H27Br/c1-18(2,3)12-11-16-13-15(9-10-17(16)19)14-7-5-4-6-8-14/h4-8,15-17H,9-13H2,1-3H3. The first-order valence-corrected chi connectivity index (χ1v) is 8.56. The van der Waals surface area contributed by atoms with Gasteiger partial charge in [0.1, 0.15) is 0 Å². The Labute approximate surface area is 127 Å². The van der Waals surface area contributed by atoms with Gasteiger partial charge in [-0.1, -0.05) is 67.0 Å². The smallest absolute Gasteiger partial charge is 0.0174 e. The zero-order chi connectivity index (χ0) is 13.9. The lowest BCUT2D eigenvalue weighted by Crippen LogP contribution is -2.25. The van der Waals surface area contributed by atoms with Crippen molar-refractivity contribution in [2.45, 2.75) is 63.6 Å². The third kappa shape index (κ3) is 4.63. The minimum absolute atomic E-state index is 0.465. The van der Waals surface area contributed by atoms with E-state index < -0.39 is 0 Å². The van der Waals surface area contributed by atoms with Crippen LogP contribution in [0, 0.1) is 11.3 Å². The van der Waals surface area contributed by atoms with E-state index in [1.165, 1.54) is 32.1 Å². The van der Waals surface area contributed by atoms with Crippen LogP contribution in [0.1, 0.15) is 64.4 Å². The van der Waals surface area contributed by atoms with Crippen molar-refractivity contribution in [3.63, 3.8) is 0 Å². The Bertz CT molecular complexity index is 376. The van der Waals surface area contributed by atoms with E-state index in [1.54, 1.807) is 5.56 Å². The normalized spacial score (nSPS) is 28.3. The summed E-state index contributed by atoms with van der Waals surface area (Å²) < 4.78 is 0. The van der Waals surface area contributed by atoms with Gasteiger partial charge in [0.15, 0.2) is 0 Å². The van der Waals surface area contributed by atoms with Crippen molar-refractivity contribution >= 4 is 15.9 Å². The monoisotopic (exact) mass is 322 g/mol. The van der Waals surface area contributed by atoms with Gasteiger partial charge in [-0.15, -0.1) is 0 Å². The van der Waals surface area contributed by atoms with E-state index in [-0.39, 0.29) is 0 Å². The van der Waals surface area contributed by atoms with Crippen molar-refractivity contribution in [2.75, 3.05) is 0 Å². The molecule has 3 unspecified atom stereocenters. The molecule has 0 nitrogen and oxygen atoms in total. The Morgan fingerprint density at radius 1 is 1.11 bits per heavy atom. The van der Waals surface area contributed by atoms with Crippen molar-refractivity contribution in [3.8, 4) is 0 Å². The minimum atomic E-state index is 0.465. The molecule has 0 spiro atoms. The molecule has 1 aliphatic rings. The molecule has 1 aromatic rings. The summed E-state index contributed by atoms with van der Waals surface area (Å²) in [7, 11) is 0. The van der Waals surface area contributed by atoms with Gasteiger partial charge in [0.25, 0.3) is 0 Å². The van der Waals surface area contributed by atoms with Crippen LogP contribution in [0.4, 0.5) is 0 Å². The van der Waals surface area contributed by atoms with Gasteiger partial charge in [0, 0.05) is 4.83 Å². The first-order chi connectivity index (χ1) is 8.96. The summed E-state index contributed by atoms with van der Waals surface area (Å²) >= 11 is 3.92. The first kappa shape index (κ1) is 15.1. The van der Waals surface area contributed by atoms with Gasteiger partial charge < -0.3 is 0 Å². The quantitative estimate of drug-likeness (QED) is 0.584. The van der Waals surface area contributed by atoms with Gasteiger partial charge in [-0.2, -0.15) is 0 Å². The van der Waals surface area contributed by atoms with Crippen LogP contribution in [0.5, 0.6) is 0 Å². The molecule has 106 valence electrons. The Kier molecular flexibility index (Phi) is 5.11. The Morgan fingerprint density at radius 2 is 1.79 bits per heavy atom. The number of hydrogen-bond acceptors (Lipinski definition) is 0. The van der Waals surface area contributed by atoms with E-state index in [1.807, 2.05) is 0 Å². The van der Waals surface area contributed by atoms with Crippen LogP contribution >= 0.6 is 15.9 Å². The molecule has 1 saturated carbocycles. The number of hydrogen-bond donors (Lipinski definition) is 0. The van der Waals surface area contributed by atoms with Gasteiger partial charge in [-0.05, 0) is 54.9 Å². The zero-order valence-corrected chi connectivity index (χ0v) is 14.1. The molecule has 1 heteroatoms. The van der Waals surface area contributed by atoms with Crippen LogP contribution in [0.2, 0.25) is 0 Å². The third-order valence-electron chi connectivity index (χ3n) is 4.43. The van der Waals surface area contributed by atoms with Gasteiger partial charge in [-0.3, -0.25) is 0 Å². The van der Waals surface area contributed by atoms with Crippen LogP contribution < -0.4 is 0 Å². The van der Waals surface area contributed by atoms with Crippen molar-refractivity contribution < 1.29 is 0 Å². The number of benzene rings is 1. The van der Waals surface area contributed by atoms with E-state index >= 15 is 0 Å². The fourth-order valence-corrected chi connectivity index (χ4v) is 3.92. The molecule has 0 heterocycles. The van der Waals surface area contributed by atoms with Crippen molar-refractivity contribution in [3.05, 3.63) is 35.9 Å². The average molecular weight is 323 g/mol. The third-order valence-corrected chi connectivity index (χ3v) is 5.63. The Balaban J connectivity index is 1.96. The number of alkyl halides is 1. The Hall–Kier alpha value is -0.300. The summed E-state index contributed by atoms with van der Waals surface area (Å²) in [4.78, 5) is 0.731. The largest absolute Gasteiger partial charge is 0.0888 e. The lowest BCUT2D eigenvalue weighted by Gasteiger charge is -2.35. The molecule has 0 aromatic heterocycles. The second kappa shape index (κ2) is 6.43. The highest BCUT2D eigenvalue weighted by atomic mass is 79.9. The van der Waals surface area contributed by atoms with E-state index in [0.717, 1.165) is 16.7 Å². The summed E-state index contributed by atoms with van der Waals surface area (Å²) in [6.07, 6.45) is 6.72. The summed E-state index contributed by atoms with van der Waals surface area (Å²) in [6.45, 7) is 7.06. The minimum Gasteiger partial charge on any atom is -0.0888 e. The fourth-order valence-electron chi connectivity index (χ4n) is 3.17. The molecule has 19 heavy (non-hydrogen) atoms. The van der Waals surface area contributed by atoms with Crippen LogP contribution in [0.25, 0.3) is 0 Å². The zero-order valence-electron chi connectivity index (χ0n) is 12.5. The molecule has 2 rings (SSSR count). The van der Waals surface area contributed by atoms with Crippen LogP contribution in [-0.2, 0) is 0 Å². The van der Waals surface area contributed by atoms with Gasteiger partial charge in [0.05, 0.1) is 0 Å². The second-order valence-corrected chi connectivity index (χ2v) is 8.47. The molecule has 0 amide bonds. The highest BCUT2D eigenvalue weighted by Crippen LogP contribution is 2.42.